The third-order valence-electron chi connectivity index (χ3n) is 4.21. The fourth-order valence-corrected chi connectivity index (χ4v) is 2.79. The van der Waals surface area contributed by atoms with Gasteiger partial charge in [-0.25, -0.2) is 0 Å². The summed E-state index contributed by atoms with van der Waals surface area (Å²) in [6.45, 7) is 0. The number of hydrogen-bond acceptors (Lipinski definition) is 2. The molecule has 0 aliphatic carbocycles. The summed E-state index contributed by atoms with van der Waals surface area (Å²) >= 11 is 0. The van der Waals surface area contributed by atoms with Gasteiger partial charge in [0.1, 0.15) is 0 Å². The summed E-state index contributed by atoms with van der Waals surface area (Å²) in [5, 5.41) is 16.8. The van der Waals surface area contributed by atoms with E-state index in [0.717, 1.165) is 38.5 Å². The fourth-order valence-electron chi connectivity index (χ4n) is 2.79. The Labute approximate surface area is 182 Å². The number of aliphatic carboxylic acids is 1. The normalized spacial score (nSPS) is 9.92. The van der Waals surface area contributed by atoms with E-state index in [0.29, 0.717) is 12.8 Å². The molecule has 0 bridgehead atoms. The van der Waals surface area contributed by atoms with E-state index < -0.39 is 5.97 Å². The molecule has 0 aromatic heterocycles. The van der Waals surface area contributed by atoms with Crippen LogP contribution in [0.4, 0.5) is 0 Å². The molecule has 0 aromatic carbocycles. The Morgan fingerprint density at radius 3 is 1.32 bits per heavy atom. The zero-order valence-corrected chi connectivity index (χ0v) is 17.9. The molecule has 5 nitrogen and oxygen atoms in total. The van der Waals surface area contributed by atoms with E-state index in [1.54, 1.807) is 0 Å². The van der Waals surface area contributed by atoms with Crippen molar-refractivity contribution in [3.8, 4) is 0 Å². The molecule has 1 amide bonds. The summed E-state index contributed by atoms with van der Waals surface area (Å²) in [6.07, 6.45) is 17.0. The molecule has 0 spiro atoms. The van der Waals surface area contributed by atoms with Gasteiger partial charge in [-0.3, -0.25) is 9.59 Å². The maximum absolute atomic E-state index is 11.0. The minimum Gasteiger partial charge on any atom is -0.481 e. The Kier molecular flexibility index (Phi) is 23.6. The van der Waals surface area contributed by atoms with Crippen LogP contribution in [0, 0.1) is 0 Å². The predicted molar refractivity (Wildman–Crippen MR) is 103 cm³/mol. The van der Waals surface area contributed by atoms with Crippen molar-refractivity contribution in [2.75, 3.05) is 0 Å². The van der Waals surface area contributed by atoms with E-state index in [1.165, 1.54) is 57.4 Å². The van der Waals surface area contributed by atoms with Gasteiger partial charge in [0.15, 0.2) is 5.91 Å². The third kappa shape index (κ3) is 23.8. The number of carbonyl (C=O) groups is 2. The molecule has 138 valence electrons. The van der Waals surface area contributed by atoms with Crippen LogP contribution < -0.4 is 0 Å². The molecule has 1 N–H and O–H groups in total. The van der Waals surface area contributed by atoms with Crippen molar-refractivity contribution in [1.82, 2.24) is 0 Å². The summed E-state index contributed by atoms with van der Waals surface area (Å²) in [6, 6.07) is 1.53. The molecule has 6 heteroatoms. The van der Waals surface area contributed by atoms with Crippen LogP contribution in [0.25, 0.3) is 5.41 Å². The molecule has 0 aliphatic rings. The minimum atomic E-state index is -0.682. The Hall–Kier alpha value is -0.220. The second kappa shape index (κ2) is 21.8. The molecule has 0 unspecified atom stereocenters. The standard InChI is InChI=1S/C19H33N2O3.Ca/c20-17-21-18(22)15-13-11-9-7-5-3-1-2-4-6-8-10-12-14-16-19(23)24;/h1-16H2,(H,23,24);/q-1;+2. The van der Waals surface area contributed by atoms with Gasteiger partial charge in [0.25, 0.3) is 0 Å². The number of amides is 1. The largest absolute Gasteiger partial charge is 2.00 e. The van der Waals surface area contributed by atoms with E-state index in [-0.39, 0.29) is 43.6 Å². The van der Waals surface area contributed by atoms with Gasteiger partial charge < -0.3 is 15.5 Å². The molecule has 0 rings (SSSR count). The van der Waals surface area contributed by atoms with Gasteiger partial charge in [0.05, 0.1) is 0 Å². The zero-order valence-electron chi connectivity index (χ0n) is 15.7. The average Bonchev–Trinajstić information content (AvgIpc) is 2.54. The monoisotopic (exact) mass is 377 g/mol. The average molecular weight is 378 g/mol. The number of rotatable bonds is 17. The van der Waals surface area contributed by atoms with Crippen molar-refractivity contribution in [3.05, 3.63) is 5.41 Å². The number of aliphatic imine (C=N–C) groups is 1. The van der Waals surface area contributed by atoms with Gasteiger partial charge in [-0.1, -0.05) is 77.0 Å². The van der Waals surface area contributed by atoms with E-state index in [1.807, 2.05) is 0 Å². The summed E-state index contributed by atoms with van der Waals surface area (Å²) in [5.41, 5.74) is 0. The van der Waals surface area contributed by atoms with Gasteiger partial charge in [-0.05, 0) is 12.8 Å². The van der Waals surface area contributed by atoms with Crippen molar-refractivity contribution in [1.29, 1.82) is 0 Å². The van der Waals surface area contributed by atoms with Crippen LogP contribution >= 0.6 is 0 Å². The van der Waals surface area contributed by atoms with Crippen molar-refractivity contribution in [2.24, 2.45) is 4.99 Å². The van der Waals surface area contributed by atoms with E-state index in [2.05, 4.69) is 4.99 Å². The summed E-state index contributed by atoms with van der Waals surface area (Å²) in [7, 11) is 0. The maximum atomic E-state index is 11.0. The molecule has 0 radical (unpaired) electrons. The van der Waals surface area contributed by atoms with Crippen LogP contribution in [0.15, 0.2) is 4.99 Å². The zero-order chi connectivity index (χ0) is 17.9. The molecule has 0 saturated carbocycles. The molecule has 0 heterocycles. The fraction of sp³-hybridized carbons (Fsp3) is 0.842. The molecule has 25 heavy (non-hydrogen) atoms. The van der Waals surface area contributed by atoms with Gasteiger partial charge in [0.2, 0.25) is 0 Å². The maximum Gasteiger partial charge on any atom is 2.00 e. The SMILES string of the molecule is [Ca+2].[N-]=C=NC(=O)CCCCCCCCCCCCCCCCC(=O)O. The number of hydrogen-bond donors (Lipinski definition) is 1. The quantitative estimate of drug-likeness (QED) is 0.214. The Balaban J connectivity index is 0. The number of carbonyl (C=O) groups excluding carboxylic acids is 1. The smallest absolute Gasteiger partial charge is 0.481 e. The van der Waals surface area contributed by atoms with Crippen LogP contribution in [-0.2, 0) is 9.59 Å². The molecule has 0 atom stereocenters. The summed E-state index contributed by atoms with van der Waals surface area (Å²) < 4.78 is 0. The Morgan fingerprint density at radius 2 is 1.00 bits per heavy atom. The molecular formula is C19H33CaN2O3+. The van der Waals surface area contributed by atoms with Crippen LogP contribution in [0.3, 0.4) is 0 Å². The van der Waals surface area contributed by atoms with Crippen molar-refractivity contribution in [3.63, 3.8) is 0 Å². The van der Waals surface area contributed by atoms with E-state index in [9.17, 15) is 9.59 Å². The second-order valence-corrected chi connectivity index (χ2v) is 6.45. The molecular weight excluding hydrogens is 344 g/mol. The predicted octanol–water partition coefficient (Wildman–Crippen LogP) is 5.20. The first kappa shape index (κ1) is 27.0. The van der Waals surface area contributed by atoms with Crippen LogP contribution in [0.2, 0.25) is 0 Å². The molecule has 0 aromatic rings. The van der Waals surface area contributed by atoms with E-state index >= 15 is 0 Å². The van der Waals surface area contributed by atoms with Gasteiger partial charge in [-0.15, -0.1) is 6.01 Å². The minimum absolute atomic E-state index is 0. The number of unbranched alkanes of at least 4 members (excludes halogenated alkanes) is 13. The van der Waals surface area contributed by atoms with Crippen molar-refractivity contribution in [2.45, 2.75) is 103 Å². The Morgan fingerprint density at radius 1 is 0.680 bits per heavy atom. The van der Waals surface area contributed by atoms with Crippen LogP contribution in [-0.4, -0.2) is 60.7 Å². The number of carboxylic acids is 1. The van der Waals surface area contributed by atoms with Gasteiger partial charge in [-0.2, -0.15) is 0 Å². The molecule has 0 aliphatic heterocycles. The number of nitrogens with zero attached hydrogens (tertiary/aromatic N) is 2. The van der Waals surface area contributed by atoms with Crippen LogP contribution in [0.5, 0.6) is 0 Å². The van der Waals surface area contributed by atoms with Crippen molar-refractivity contribution < 1.29 is 14.7 Å². The second-order valence-electron chi connectivity index (χ2n) is 6.45. The molecule has 0 saturated heterocycles. The Bertz CT molecular complexity index is 383. The third-order valence-corrected chi connectivity index (χ3v) is 4.21. The first-order valence-electron chi connectivity index (χ1n) is 9.51. The molecule has 0 fully saturated rings. The first-order valence-corrected chi connectivity index (χ1v) is 9.51. The summed E-state index contributed by atoms with van der Waals surface area (Å²) in [5.74, 6) is -0.975. The van der Waals surface area contributed by atoms with Crippen LogP contribution in [0.1, 0.15) is 103 Å². The van der Waals surface area contributed by atoms with Crippen molar-refractivity contribution >= 4 is 55.6 Å². The van der Waals surface area contributed by atoms with E-state index in [4.69, 9.17) is 10.5 Å². The first-order chi connectivity index (χ1) is 11.7. The van der Waals surface area contributed by atoms with Gasteiger partial charge in [0, 0.05) is 12.8 Å². The number of carboxylic acid groups (broad SMARTS) is 1. The topological polar surface area (TPSA) is 89.0 Å². The van der Waals surface area contributed by atoms with Gasteiger partial charge >= 0.3 is 43.7 Å². The summed E-state index contributed by atoms with van der Waals surface area (Å²) in [4.78, 5) is 24.5.